The molecule has 2 heterocycles. The number of aryl methyl sites for hydroxylation is 2. The van der Waals surface area contributed by atoms with Crippen LogP contribution in [0.5, 0.6) is 0 Å². The average molecular weight is 237 g/mol. The maximum absolute atomic E-state index is 5.62. The molecule has 0 fully saturated rings. The molecule has 0 saturated heterocycles. The first kappa shape index (κ1) is 10.8. The minimum Gasteiger partial charge on any atom is -0.384 e. The van der Waals surface area contributed by atoms with Crippen molar-refractivity contribution in [3.05, 3.63) is 48.2 Å². The minimum absolute atomic E-state index is 0.549. The number of hydrogen-bond donors (Lipinski definition) is 1. The molecular formula is C15H15N3. The van der Waals surface area contributed by atoms with Crippen LogP contribution >= 0.6 is 0 Å². The summed E-state index contributed by atoms with van der Waals surface area (Å²) in [4.78, 5) is 4.15. The summed E-state index contributed by atoms with van der Waals surface area (Å²) >= 11 is 0. The molecule has 0 aliphatic rings. The summed E-state index contributed by atoms with van der Waals surface area (Å²) in [6, 6.07) is 12.5. The summed E-state index contributed by atoms with van der Waals surface area (Å²) in [6.07, 6.45) is 1.82. The average Bonchev–Trinajstić information content (AvgIpc) is 2.68. The number of hydrogen-bond acceptors (Lipinski definition) is 2. The Labute approximate surface area is 106 Å². The molecule has 0 unspecified atom stereocenters. The van der Waals surface area contributed by atoms with Crippen LogP contribution in [0.15, 0.2) is 42.6 Å². The predicted octanol–water partition coefficient (Wildman–Crippen LogP) is 3.13. The Hall–Kier alpha value is -2.29. The van der Waals surface area contributed by atoms with Gasteiger partial charge in [0.05, 0.1) is 5.69 Å². The van der Waals surface area contributed by atoms with Crippen molar-refractivity contribution in [3.8, 4) is 11.3 Å². The van der Waals surface area contributed by atoms with Crippen LogP contribution in [0.3, 0.4) is 0 Å². The molecule has 0 aliphatic carbocycles. The summed E-state index contributed by atoms with van der Waals surface area (Å²) in [7, 11) is 2.08. The third-order valence-electron chi connectivity index (χ3n) is 3.28. The van der Waals surface area contributed by atoms with E-state index in [1.54, 1.807) is 0 Å². The molecule has 18 heavy (non-hydrogen) atoms. The Morgan fingerprint density at radius 2 is 1.94 bits per heavy atom. The first-order valence-electron chi connectivity index (χ1n) is 5.93. The van der Waals surface area contributed by atoms with Crippen LogP contribution in [-0.2, 0) is 7.05 Å². The molecule has 3 rings (SSSR count). The smallest absolute Gasteiger partial charge is 0.123 e. The second-order valence-corrected chi connectivity index (χ2v) is 4.62. The van der Waals surface area contributed by atoms with Gasteiger partial charge in [0.1, 0.15) is 5.82 Å². The third-order valence-corrected chi connectivity index (χ3v) is 3.28. The lowest BCUT2D eigenvalue weighted by Crippen LogP contribution is -1.93. The molecule has 3 aromatic rings. The first-order valence-corrected chi connectivity index (χ1v) is 5.93. The number of rotatable bonds is 1. The lowest BCUT2D eigenvalue weighted by atomic mass is 10.1. The molecule has 1 aromatic carbocycles. The van der Waals surface area contributed by atoms with Gasteiger partial charge in [-0.1, -0.05) is 12.1 Å². The van der Waals surface area contributed by atoms with Crippen LogP contribution < -0.4 is 5.73 Å². The molecule has 0 radical (unpaired) electrons. The van der Waals surface area contributed by atoms with Crippen LogP contribution in [-0.4, -0.2) is 9.55 Å². The Kier molecular flexibility index (Phi) is 2.33. The molecule has 0 aliphatic heterocycles. The molecule has 0 spiro atoms. The van der Waals surface area contributed by atoms with E-state index in [9.17, 15) is 0 Å². The van der Waals surface area contributed by atoms with Gasteiger partial charge in [0.25, 0.3) is 0 Å². The van der Waals surface area contributed by atoms with Crippen LogP contribution in [0.4, 0.5) is 5.82 Å². The Morgan fingerprint density at radius 3 is 2.67 bits per heavy atom. The Bertz CT molecular complexity index is 708. The summed E-state index contributed by atoms with van der Waals surface area (Å²) in [6.45, 7) is 2.11. The van der Waals surface area contributed by atoms with Crippen LogP contribution in [0, 0.1) is 6.92 Å². The molecule has 0 saturated carbocycles. The van der Waals surface area contributed by atoms with E-state index >= 15 is 0 Å². The number of nitrogens with zero attached hydrogens (tertiary/aromatic N) is 2. The molecular weight excluding hydrogens is 222 g/mol. The number of aromatic nitrogens is 2. The lowest BCUT2D eigenvalue weighted by molar-refractivity contribution is 0.976. The maximum Gasteiger partial charge on any atom is 0.123 e. The summed E-state index contributed by atoms with van der Waals surface area (Å²) in [5, 5.41) is 1.25. The standard InChI is InChI=1S/C15H15N3/c1-10-3-4-11-8-14(18(2)13(11)7-10)12-5-6-15(16)17-9-12/h3-9H,1-2H3,(H2,16,17). The highest BCUT2D eigenvalue weighted by atomic mass is 14.9. The number of fused-ring (bicyclic) bond motifs is 1. The van der Waals surface area contributed by atoms with E-state index in [2.05, 4.69) is 47.8 Å². The fourth-order valence-electron chi connectivity index (χ4n) is 2.27. The molecule has 3 heteroatoms. The van der Waals surface area contributed by atoms with E-state index in [0.29, 0.717) is 5.82 Å². The van der Waals surface area contributed by atoms with Crippen molar-refractivity contribution < 1.29 is 0 Å². The van der Waals surface area contributed by atoms with Crippen molar-refractivity contribution in [2.24, 2.45) is 7.05 Å². The number of nitrogens with two attached hydrogens (primary N) is 1. The second-order valence-electron chi connectivity index (χ2n) is 4.62. The number of nitrogen functional groups attached to an aromatic ring is 1. The van der Waals surface area contributed by atoms with Crippen molar-refractivity contribution in [3.63, 3.8) is 0 Å². The monoisotopic (exact) mass is 237 g/mol. The molecule has 2 N–H and O–H groups in total. The van der Waals surface area contributed by atoms with Gasteiger partial charge in [-0.15, -0.1) is 0 Å². The first-order chi connectivity index (χ1) is 8.65. The summed E-state index contributed by atoms with van der Waals surface area (Å²) in [5.41, 5.74) is 10.4. The van der Waals surface area contributed by atoms with E-state index < -0.39 is 0 Å². The van der Waals surface area contributed by atoms with Crippen LogP contribution in [0.1, 0.15) is 5.56 Å². The van der Waals surface area contributed by atoms with Crippen molar-refractivity contribution in [1.82, 2.24) is 9.55 Å². The van der Waals surface area contributed by atoms with Crippen molar-refractivity contribution in [2.45, 2.75) is 6.92 Å². The predicted molar refractivity (Wildman–Crippen MR) is 75.3 cm³/mol. The highest BCUT2D eigenvalue weighted by molar-refractivity contribution is 5.87. The van der Waals surface area contributed by atoms with Crippen molar-refractivity contribution in [1.29, 1.82) is 0 Å². The maximum atomic E-state index is 5.62. The van der Waals surface area contributed by atoms with E-state index in [4.69, 9.17) is 5.73 Å². The number of anilines is 1. The Balaban J connectivity index is 2.23. The number of pyridine rings is 1. The van der Waals surface area contributed by atoms with E-state index in [-0.39, 0.29) is 0 Å². The van der Waals surface area contributed by atoms with Gasteiger partial charge >= 0.3 is 0 Å². The van der Waals surface area contributed by atoms with Gasteiger partial charge in [0, 0.05) is 29.7 Å². The van der Waals surface area contributed by atoms with Gasteiger partial charge < -0.3 is 10.3 Å². The molecule has 90 valence electrons. The van der Waals surface area contributed by atoms with Gasteiger partial charge in [-0.3, -0.25) is 0 Å². The van der Waals surface area contributed by atoms with E-state index in [1.807, 2.05) is 18.3 Å². The van der Waals surface area contributed by atoms with E-state index in [1.165, 1.54) is 16.5 Å². The Morgan fingerprint density at radius 1 is 1.11 bits per heavy atom. The normalized spacial score (nSPS) is 11.0. The van der Waals surface area contributed by atoms with Gasteiger partial charge in [0.15, 0.2) is 0 Å². The zero-order valence-corrected chi connectivity index (χ0v) is 10.5. The van der Waals surface area contributed by atoms with Crippen LogP contribution in [0.25, 0.3) is 22.2 Å². The highest BCUT2D eigenvalue weighted by Gasteiger charge is 2.08. The number of benzene rings is 1. The molecule has 3 nitrogen and oxygen atoms in total. The third kappa shape index (κ3) is 1.64. The molecule has 0 bridgehead atoms. The summed E-state index contributed by atoms with van der Waals surface area (Å²) in [5.74, 6) is 0.549. The van der Waals surface area contributed by atoms with Gasteiger partial charge in [-0.05, 0) is 36.8 Å². The lowest BCUT2D eigenvalue weighted by Gasteiger charge is -2.04. The quantitative estimate of drug-likeness (QED) is 0.706. The minimum atomic E-state index is 0.549. The highest BCUT2D eigenvalue weighted by Crippen LogP contribution is 2.27. The second kappa shape index (κ2) is 3.88. The zero-order chi connectivity index (χ0) is 12.7. The molecule has 0 amide bonds. The van der Waals surface area contributed by atoms with Crippen LogP contribution in [0.2, 0.25) is 0 Å². The fraction of sp³-hybridized carbons (Fsp3) is 0.133. The summed E-state index contributed by atoms with van der Waals surface area (Å²) < 4.78 is 2.19. The zero-order valence-electron chi connectivity index (χ0n) is 10.5. The van der Waals surface area contributed by atoms with Gasteiger partial charge in [-0.2, -0.15) is 0 Å². The fourth-order valence-corrected chi connectivity index (χ4v) is 2.27. The largest absolute Gasteiger partial charge is 0.384 e. The molecule has 0 atom stereocenters. The topological polar surface area (TPSA) is 43.8 Å². The van der Waals surface area contributed by atoms with Gasteiger partial charge in [-0.25, -0.2) is 4.98 Å². The van der Waals surface area contributed by atoms with Crippen molar-refractivity contribution in [2.75, 3.05) is 5.73 Å². The van der Waals surface area contributed by atoms with E-state index in [0.717, 1.165) is 11.3 Å². The van der Waals surface area contributed by atoms with Crippen molar-refractivity contribution >= 4 is 16.7 Å². The SMILES string of the molecule is Cc1ccc2cc(-c3ccc(N)nc3)n(C)c2c1. The van der Waals surface area contributed by atoms with Gasteiger partial charge in [0.2, 0.25) is 0 Å². The molecule has 2 aromatic heterocycles.